The molecule has 0 saturated carbocycles. The number of methoxy groups -OCH3 is 1. The third-order valence-electron chi connectivity index (χ3n) is 3.00. The van der Waals surface area contributed by atoms with E-state index in [1.54, 1.807) is 31.1 Å². The Balaban J connectivity index is 2.52. The average molecular weight is 284 g/mol. The molecule has 0 amide bonds. The number of halogens is 2. The molecule has 0 aliphatic rings. The topological polar surface area (TPSA) is 39.1 Å². The highest BCUT2D eigenvalue weighted by atomic mass is 35.5. The van der Waals surface area contributed by atoms with Crippen LogP contribution in [0.25, 0.3) is 0 Å². The highest BCUT2D eigenvalue weighted by molar-refractivity contribution is 6.31. The summed E-state index contributed by atoms with van der Waals surface area (Å²) in [6.07, 6.45) is 1.64. The zero-order valence-corrected chi connectivity index (χ0v) is 11.7. The molecule has 0 fully saturated rings. The summed E-state index contributed by atoms with van der Waals surface area (Å²) in [5.74, 6) is 0.294. The molecule has 0 spiro atoms. The number of aryl methyl sites for hydroxylation is 1. The maximum atomic E-state index is 13.1. The fraction of sp³-hybridized carbons (Fsp3) is 0.308. The fourth-order valence-electron chi connectivity index (χ4n) is 2.09. The van der Waals surface area contributed by atoms with E-state index in [1.165, 1.54) is 12.1 Å². The molecule has 0 aliphatic carbocycles. The second kappa shape index (κ2) is 5.59. The normalized spacial score (nSPS) is 12.5. The summed E-state index contributed by atoms with van der Waals surface area (Å²) in [5.41, 5.74) is 1.60. The van der Waals surface area contributed by atoms with Crippen LogP contribution in [0.2, 0.25) is 5.02 Å². The Hall–Kier alpha value is -1.59. The summed E-state index contributed by atoms with van der Waals surface area (Å²) in [6, 6.07) is 4.11. The van der Waals surface area contributed by atoms with Crippen molar-refractivity contribution in [1.82, 2.24) is 15.1 Å². The second-order valence-corrected chi connectivity index (χ2v) is 4.52. The van der Waals surface area contributed by atoms with Gasteiger partial charge in [-0.1, -0.05) is 17.7 Å². The Morgan fingerprint density at radius 2 is 2.21 bits per heavy atom. The fourth-order valence-corrected chi connectivity index (χ4v) is 2.36. The monoisotopic (exact) mass is 283 g/mol. The first kappa shape index (κ1) is 13.8. The number of aromatic nitrogens is 2. The molecule has 1 atom stereocenters. The minimum Gasteiger partial charge on any atom is -0.493 e. The molecule has 102 valence electrons. The number of rotatable bonds is 4. The van der Waals surface area contributed by atoms with Crippen LogP contribution in [0.5, 0.6) is 5.75 Å². The maximum Gasteiger partial charge on any atom is 0.161 e. The molecule has 0 saturated heterocycles. The molecule has 4 nitrogen and oxygen atoms in total. The van der Waals surface area contributed by atoms with Gasteiger partial charge in [-0.05, 0) is 24.7 Å². The van der Waals surface area contributed by atoms with E-state index >= 15 is 0 Å². The summed E-state index contributed by atoms with van der Waals surface area (Å²) in [5, 5.41) is 7.68. The van der Waals surface area contributed by atoms with Crippen molar-refractivity contribution in [3.05, 3.63) is 46.5 Å². The number of nitrogens with one attached hydrogen (secondary N) is 1. The van der Waals surface area contributed by atoms with Crippen LogP contribution in [-0.2, 0) is 7.05 Å². The molecular weight excluding hydrogens is 269 g/mol. The van der Waals surface area contributed by atoms with Crippen molar-refractivity contribution in [2.45, 2.75) is 6.04 Å². The minimum atomic E-state index is -0.361. The molecule has 6 heteroatoms. The zero-order chi connectivity index (χ0) is 14.0. The SMILES string of the molecule is CNC(c1ccc(F)cc1Cl)c1c(OC)cnn1C. The van der Waals surface area contributed by atoms with E-state index in [9.17, 15) is 4.39 Å². The third-order valence-corrected chi connectivity index (χ3v) is 3.33. The van der Waals surface area contributed by atoms with Gasteiger partial charge in [-0.2, -0.15) is 5.10 Å². The largest absolute Gasteiger partial charge is 0.493 e. The van der Waals surface area contributed by atoms with Gasteiger partial charge in [-0.25, -0.2) is 4.39 Å². The first-order valence-corrected chi connectivity index (χ1v) is 6.14. The van der Waals surface area contributed by atoms with Crippen LogP contribution in [0.4, 0.5) is 4.39 Å². The van der Waals surface area contributed by atoms with Crippen molar-refractivity contribution < 1.29 is 9.13 Å². The lowest BCUT2D eigenvalue weighted by Gasteiger charge is -2.19. The first-order valence-electron chi connectivity index (χ1n) is 5.76. The van der Waals surface area contributed by atoms with Crippen molar-refractivity contribution in [2.75, 3.05) is 14.2 Å². The molecule has 0 bridgehead atoms. The van der Waals surface area contributed by atoms with Crippen LogP contribution in [0.15, 0.2) is 24.4 Å². The molecule has 0 radical (unpaired) electrons. The van der Waals surface area contributed by atoms with Crippen LogP contribution in [0.3, 0.4) is 0 Å². The van der Waals surface area contributed by atoms with Gasteiger partial charge in [0.15, 0.2) is 5.75 Å². The molecule has 0 aliphatic heterocycles. The number of benzene rings is 1. The zero-order valence-electron chi connectivity index (χ0n) is 10.9. The number of hydrogen-bond acceptors (Lipinski definition) is 3. The smallest absolute Gasteiger partial charge is 0.161 e. The predicted molar refractivity (Wildman–Crippen MR) is 72.1 cm³/mol. The molecule has 19 heavy (non-hydrogen) atoms. The summed E-state index contributed by atoms with van der Waals surface area (Å²) in [4.78, 5) is 0. The number of nitrogens with zero attached hydrogens (tertiary/aromatic N) is 2. The Morgan fingerprint density at radius 3 is 2.79 bits per heavy atom. The summed E-state index contributed by atoms with van der Waals surface area (Å²) in [6.45, 7) is 0. The average Bonchev–Trinajstić information content (AvgIpc) is 2.74. The minimum absolute atomic E-state index is 0.226. The number of ether oxygens (including phenoxy) is 1. The highest BCUT2D eigenvalue weighted by Crippen LogP contribution is 2.33. The Kier molecular flexibility index (Phi) is 4.07. The summed E-state index contributed by atoms with van der Waals surface area (Å²) >= 11 is 6.12. The lowest BCUT2D eigenvalue weighted by molar-refractivity contribution is 0.402. The van der Waals surface area contributed by atoms with Crippen molar-refractivity contribution >= 4 is 11.6 Å². The van der Waals surface area contributed by atoms with Gasteiger partial charge in [0, 0.05) is 12.1 Å². The lowest BCUT2D eigenvalue weighted by Crippen LogP contribution is -2.21. The summed E-state index contributed by atoms with van der Waals surface area (Å²) < 4.78 is 20.1. The standard InChI is InChI=1S/C13H15ClFN3O/c1-16-12(9-5-4-8(15)6-10(9)14)13-11(19-3)7-17-18(13)2/h4-7,12,16H,1-3H3. The van der Waals surface area contributed by atoms with Gasteiger partial charge in [0.2, 0.25) is 0 Å². The van der Waals surface area contributed by atoms with Gasteiger partial charge >= 0.3 is 0 Å². The maximum absolute atomic E-state index is 13.1. The Bertz CT molecular complexity index is 585. The molecular formula is C13H15ClFN3O. The van der Waals surface area contributed by atoms with Crippen LogP contribution in [0.1, 0.15) is 17.3 Å². The van der Waals surface area contributed by atoms with E-state index in [-0.39, 0.29) is 11.9 Å². The van der Waals surface area contributed by atoms with Crippen molar-refractivity contribution in [3.63, 3.8) is 0 Å². The van der Waals surface area contributed by atoms with E-state index in [1.807, 2.05) is 7.05 Å². The molecule has 1 N–H and O–H groups in total. The molecule has 1 aromatic heterocycles. The summed E-state index contributed by atoms with van der Waals surface area (Å²) in [7, 11) is 5.20. The molecule has 2 rings (SSSR count). The quantitative estimate of drug-likeness (QED) is 0.937. The van der Waals surface area contributed by atoms with E-state index in [0.29, 0.717) is 10.8 Å². The number of hydrogen-bond donors (Lipinski definition) is 1. The van der Waals surface area contributed by atoms with Crippen LogP contribution < -0.4 is 10.1 Å². The van der Waals surface area contributed by atoms with Crippen LogP contribution >= 0.6 is 11.6 Å². The molecule has 1 unspecified atom stereocenters. The molecule has 2 aromatic rings. The first-order chi connectivity index (χ1) is 9.08. The Morgan fingerprint density at radius 1 is 1.47 bits per heavy atom. The van der Waals surface area contributed by atoms with Gasteiger partial charge in [0.25, 0.3) is 0 Å². The van der Waals surface area contributed by atoms with Gasteiger partial charge in [-0.3, -0.25) is 4.68 Å². The molecule has 1 aromatic carbocycles. The van der Waals surface area contributed by atoms with Crippen LogP contribution in [0, 0.1) is 5.82 Å². The van der Waals surface area contributed by atoms with Gasteiger partial charge in [0.1, 0.15) is 11.5 Å². The van der Waals surface area contributed by atoms with E-state index < -0.39 is 0 Å². The van der Waals surface area contributed by atoms with E-state index in [0.717, 1.165) is 11.3 Å². The predicted octanol–water partition coefficient (Wildman–Crippen LogP) is 2.53. The van der Waals surface area contributed by atoms with E-state index in [4.69, 9.17) is 16.3 Å². The third kappa shape index (κ3) is 2.57. The van der Waals surface area contributed by atoms with Crippen LogP contribution in [-0.4, -0.2) is 23.9 Å². The van der Waals surface area contributed by atoms with E-state index in [2.05, 4.69) is 10.4 Å². The highest BCUT2D eigenvalue weighted by Gasteiger charge is 2.23. The van der Waals surface area contributed by atoms with Crippen molar-refractivity contribution in [2.24, 2.45) is 7.05 Å². The Labute approximate surface area is 116 Å². The van der Waals surface area contributed by atoms with Gasteiger partial charge < -0.3 is 10.1 Å². The second-order valence-electron chi connectivity index (χ2n) is 4.11. The molecule has 1 heterocycles. The lowest BCUT2D eigenvalue weighted by atomic mass is 10.0. The van der Waals surface area contributed by atoms with Gasteiger partial charge in [0.05, 0.1) is 19.3 Å². The van der Waals surface area contributed by atoms with Crippen molar-refractivity contribution in [3.8, 4) is 5.75 Å². The van der Waals surface area contributed by atoms with Crippen molar-refractivity contribution in [1.29, 1.82) is 0 Å². The van der Waals surface area contributed by atoms with Gasteiger partial charge in [-0.15, -0.1) is 0 Å².